The number of aliphatic hydroxyl groups is 4. The van der Waals surface area contributed by atoms with Gasteiger partial charge in [-0.25, -0.2) is 0 Å². The molecule has 10 nitrogen and oxygen atoms in total. The SMILES string of the molecule is CCC(=O)c1ccc(O)c2c1C[C@H]1C[C@H]3[C@H](N(C)C)C(O)=C(C(N)O)C(=O)[C@@]3(O)C(O)=C1C2=O. The van der Waals surface area contributed by atoms with Crippen molar-refractivity contribution in [2.45, 2.75) is 44.1 Å². The van der Waals surface area contributed by atoms with Crippen molar-refractivity contribution in [3.05, 3.63) is 51.5 Å². The average Bonchev–Trinajstić information content (AvgIpc) is 2.75. The number of allylic oxidation sites excluding steroid dienone is 1. The van der Waals surface area contributed by atoms with Crippen LogP contribution in [0.5, 0.6) is 5.75 Å². The van der Waals surface area contributed by atoms with Crippen LogP contribution in [0.25, 0.3) is 0 Å². The van der Waals surface area contributed by atoms with Crippen molar-refractivity contribution in [1.29, 1.82) is 0 Å². The molecule has 3 aliphatic carbocycles. The van der Waals surface area contributed by atoms with Crippen LogP contribution >= 0.6 is 0 Å². The molecule has 7 N–H and O–H groups in total. The number of Topliss-reactive ketones (excluding diaryl/α,β-unsaturated/α-hetero) is 3. The zero-order valence-electron chi connectivity index (χ0n) is 19.1. The molecule has 182 valence electrons. The van der Waals surface area contributed by atoms with Crippen LogP contribution in [0.4, 0.5) is 0 Å². The van der Waals surface area contributed by atoms with Crippen LogP contribution in [0.2, 0.25) is 0 Å². The number of aromatic hydroxyl groups is 1. The lowest BCUT2D eigenvalue weighted by Crippen LogP contribution is -2.64. The molecule has 1 unspecified atom stereocenters. The van der Waals surface area contributed by atoms with E-state index in [-0.39, 0.29) is 41.9 Å². The largest absolute Gasteiger partial charge is 0.510 e. The highest BCUT2D eigenvalue weighted by Crippen LogP contribution is 2.52. The zero-order chi connectivity index (χ0) is 25.3. The van der Waals surface area contributed by atoms with Gasteiger partial charge in [-0.15, -0.1) is 0 Å². The van der Waals surface area contributed by atoms with Crippen molar-refractivity contribution < 1.29 is 39.9 Å². The van der Waals surface area contributed by atoms with E-state index in [9.17, 15) is 39.9 Å². The van der Waals surface area contributed by atoms with Gasteiger partial charge in [-0.05, 0) is 50.6 Å². The molecular formula is C24H28N2O8. The molecule has 0 amide bonds. The lowest BCUT2D eigenvalue weighted by molar-refractivity contribution is -0.148. The molecule has 0 heterocycles. The van der Waals surface area contributed by atoms with E-state index >= 15 is 0 Å². The van der Waals surface area contributed by atoms with Gasteiger partial charge in [-0.1, -0.05) is 6.92 Å². The molecule has 34 heavy (non-hydrogen) atoms. The van der Waals surface area contributed by atoms with Crippen LogP contribution in [0.3, 0.4) is 0 Å². The Bertz CT molecular complexity index is 1180. The van der Waals surface area contributed by atoms with E-state index < -0.39 is 58.4 Å². The van der Waals surface area contributed by atoms with E-state index in [1.54, 1.807) is 21.0 Å². The summed E-state index contributed by atoms with van der Waals surface area (Å²) >= 11 is 0. The summed E-state index contributed by atoms with van der Waals surface area (Å²) in [5.41, 5.74) is 2.49. The summed E-state index contributed by atoms with van der Waals surface area (Å²) in [5, 5.41) is 54.0. The summed E-state index contributed by atoms with van der Waals surface area (Å²) in [4.78, 5) is 40.8. The Morgan fingerprint density at radius 3 is 2.44 bits per heavy atom. The molecule has 0 aliphatic heterocycles. The van der Waals surface area contributed by atoms with E-state index in [1.807, 2.05) is 0 Å². The second-order valence-electron chi connectivity index (χ2n) is 9.34. The minimum Gasteiger partial charge on any atom is -0.510 e. The van der Waals surface area contributed by atoms with E-state index in [0.29, 0.717) is 11.1 Å². The summed E-state index contributed by atoms with van der Waals surface area (Å²) in [6.45, 7) is 1.68. The Morgan fingerprint density at radius 1 is 1.24 bits per heavy atom. The fourth-order valence-corrected chi connectivity index (χ4v) is 5.78. The summed E-state index contributed by atoms with van der Waals surface area (Å²) < 4.78 is 0. The maximum absolute atomic E-state index is 13.5. The molecule has 0 saturated heterocycles. The van der Waals surface area contributed by atoms with Crippen molar-refractivity contribution in [2.75, 3.05) is 14.1 Å². The summed E-state index contributed by atoms with van der Waals surface area (Å²) in [5.74, 6) is -5.75. The molecule has 5 atom stereocenters. The van der Waals surface area contributed by atoms with Crippen LogP contribution in [-0.2, 0) is 11.2 Å². The Morgan fingerprint density at radius 2 is 1.88 bits per heavy atom. The highest BCUT2D eigenvalue weighted by molar-refractivity contribution is 6.17. The van der Waals surface area contributed by atoms with E-state index in [2.05, 4.69) is 0 Å². The van der Waals surface area contributed by atoms with Crippen LogP contribution in [0, 0.1) is 11.8 Å². The Balaban J connectivity index is 1.96. The monoisotopic (exact) mass is 472 g/mol. The number of hydrogen-bond donors (Lipinski definition) is 6. The van der Waals surface area contributed by atoms with Crippen LogP contribution < -0.4 is 5.73 Å². The number of ketones is 3. The number of carbonyl (C=O) groups is 3. The first-order valence-corrected chi connectivity index (χ1v) is 11.0. The highest BCUT2D eigenvalue weighted by Gasteiger charge is 2.63. The maximum atomic E-state index is 13.5. The standard InChI is InChI=1S/C24H28N2O8/c1-4-13(27)10-5-6-14(28)16-11(10)7-9-8-12-18(26(2)3)20(30)17(23(25)33)22(32)24(12,34)21(31)15(9)19(16)29/h5-6,9,12,18,23,28,30-31,33-34H,4,7-8,25H2,1-3H3/t9-,12-,18-,23?,24-/m0/s1. The molecular weight excluding hydrogens is 444 g/mol. The molecule has 0 fully saturated rings. The predicted octanol–water partition coefficient (Wildman–Crippen LogP) is 0.505. The third-order valence-corrected chi connectivity index (χ3v) is 7.31. The topological polar surface area (TPSA) is 182 Å². The van der Waals surface area contributed by atoms with Gasteiger partial charge in [0.1, 0.15) is 23.5 Å². The van der Waals surface area contributed by atoms with E-state index in [1.165, 1.54) is 17.0 Å². The van der Waals surface area contributed by atoms with Crippen LogP contribution in [-0.4, -0.2) is 79.7 Å². The third-order valence-electron chi connectivity index (χ3n) is 7.31. The number of benzene rings is 1. The number of aliphatic hydroxyl groups excluding tert-OH is 3. The quantitative estimate of drug-likeness (QED) is 0.267. The van der Waals surface area contributed by atoms with Gasteiger partial charge in [-0.3, -0.25) is 19.3 Å². The summed E-state index contributed by atoms with van der Waals surface area (Å²) in [6, 6.07) is 1.68. The van der Waals surface area contributed by atoms with Gasteiger partial charge in [-0.2, -0.15) is 0 Å². The van der Waals surface area contributed by atoms with Crippen LogP contribution in [0.15, 0.2) is 34.8 Å². The number of hydrogen-bond acceptors (Lipinski definition) is 10. The number of phenolic OH excluding ortho intramolecular Hbond substituents is 1. The third kappa shape index (κ3) is 3.06. The van der Waals surface area contributed by atoms with Gasteiger partial charge in [0.25, 0.3) is 0 Å². The van der Waals surface area contributed by atoms with Crippen molar-refractivity contribution in [2.24, 2.45) is 17.6 Å². The minimum atomic E-state index is -2.62. The number of rotatable bonds is 4. The zero-order valence-corrected chi connectivity index (χ0v) is 19.1. The fourth-order valence-electron chi connectivity index (χ4n) is 5.78. The second-order valence-corrected chi connectivity index (χ2v) is 9.34. The molecule has 4 rings (SSSR count). The number of fused-ring (bicyclic) bond motifs is 3. The molecule has 0 radical (unpaired) electrons. The van der Waals surface area contributed by atoms with Crippen molar-refractivity contribution >= 4 is 17.3 Å². The predicted molar refractivity (Wildman–Crippen MR) is 119 cm³/mol. The molecule has 1 aromatic rings. The van der Waals surface area contributed by atoms with Gasteiger partial charge in [0.15, 0.2) is 17.2 Å². The molecule has 0 saturated carbocycles. The molecule has 1 aromatic carbocycles. The maximum Gasteiger partial charge on any atom is 0.205 e. The fraction of sp³-hybridized carbons (Fsp3) is 0.458. The number of nitrogens with two attached hydrogens (primary N) is 1. The average molecular weight is 472 g/mol. The number of nitrogens with zero attached hydrogens (tertiary/aromatic N) is 1. The number of likely N-dealkylation sites (N-methyl/N-ethyl adjacent to an activating group) is 1. The van der Waals surface area contributed by atoms with Crippen molar-refractivity contribution in [3.63, 3.8) is 0 Å². The molecule has 0 spiro atoms. The molecule has 3 aliphatic rings. The van der Waals surface area contributed by atoms with Gasteiger partial charge in [0.2, 0.25) is 5.78 Å². The number of phenols is 1. The first kappa shape index (κ1) is 24.1. The van der Waals surface area contributed by atoms with Crippen LogP contribution in [0.1, 0.15) is 46.0 Å². The molecule has 0 bridgehead atoms. The second kappa shape index (κ2) is 8.02. The Labute approximate surface area is 195 Å². The highest BCUT2D eigenvalue weighted by atomic mass is 16.4. The Kier molecular flexibility index (Phi) is 5.68. The summed E-state index contributed by atoms with van der Waals surface area (Å²) in [7, 11) is 3.18. The molecule has 0 aromatic heterocycles. The first-order valence-electron chi connectivity index (χ1n) is 11.0. The van der Waals surface area contributed by atoms with Gasteiger partial charge in [0.05, 0.1) is 17.2 Å². The lowest BCUT2D eigenvalue weighted by Gasteiger charge is -2.50. The van der Waals surface area contributed by atoms with Crippen molar-refractivity contribution in [1.82, 2.24) is 4.90 Å². The van der Waals surface area contributed by atoms with E-state index in [0.717, 1.165) is 0 Å². The smallest absolute Gasteiger partial charge is 0.205 e. The van der Waals surface area contributed by atoms with E-state index in [4.69, 9.17) is 5.73 Å². The van der Waals surface area contributed by atoms with Gasteiger partial charge in [0, 0.05) is 23.5 Å². The van der Waals surface area contributed by atoms with Gasteiger partial charge < -0.3 is 31.3 Å². The Hall–Kier alpha value is -3.05. The normalized spacial score (nSPS) is 29.7. The summed E-state index contributed by atoms with van der Waals surface area (Å²) in [6.07, 6.45) is -1.63. The molecule has 10 heteroatoms. The van der Waals surface area contributed by atoms with Crippen molar-refractivity contribution in [3.8, 4) is 5.75 Å². The van der Waals surface area contributed by atoms with Gasteiger partial charge >= 0.3 is 0 Å². The first-order chi connectivity index (χ1) is 15.9. The number of carbonyl (C=O) groups excluding carboxylic acids is 3. The lowest BCUT2D eigenvalue weighted by atomic mass is 9.58. The minimum absolute atomic E-state index is 0.00305.